The molecule has 38 heavy (non-hydrogen) atoms. The summed E-state index contributed by atoms with van der Waals surface area (Å²) in [6.07, 6.45) is -3.16. The highest BCUT2D eigenvalue weighted by Gasteiger charge is 2.35. The molecule has 192 valence electrons. The van der Waals surface area contributed by atoms with Crippen molar-refractivity contribution in [2.75, 3.05) is 5.32 Å². The number of anilines is 1. The van der Waals surface area contributed by atoms with Crippen LogP contribution in [0, 0.1) is 22.1 Å². The van der Waals surface area contributed by atoms with E-state index in [1.54, 1.807) is 53.9 Å². The van der Waals surface area contributed by atoms with E-state index in [1.807, 2.05) is 0 Å². The standard InChI is InChI=1S/C28H17F5IN3O/c1-15-25-19(5-3-13-37(25)26(35-15)20-4-2-6-23(29)24(20)30)16-7-12-22(28(31,32)33)21(14-16)27(38)36-18-10-8-17(34)9-11-18/h2-14H,1H3,(H,36,38). The van der Waals surface area contributed by atoms with Crippen LogP contribution in [0.5, 0.6) is 0 Å². The number of benzene rings is 3. The summed E-state index contributed by atoms with van der Waals surface area (Å²) in [6, 6.07) is 17.0. The third-order valence-corrected chi connectivity index (χ3v) is 6.73. The van der Waals surface area contributed by atoms with E-state index >= 15 is 0 Å². The number of alkyl halides is 3. The predicted molar refractivity (Wildman–Crippen MR) is 143 cm³/mol. The van der Waals surface area contributed by atoms with Gasteiger partial charge in [0.05, 0.1) is 27.9 Å². The maximum atomic E-state index is 14.6. The summed E-state index contributed by atoms with van der Waals surface area (Å²) in [6.45, 7) is 1.66. The highest BCUT2D eigenvalue weighted by molar-refractivity contribution is 14.1. The second-order valence-corrected chi connectivity index (χ2v) is 9.73. The monoisotopic (exact) mass is 633 g/mol. The molecule has 0 atom stereocenters. The first-order chi connectivity index (χ1) is 18.0. The first-order valence-corrected chi connectivity index (χ1v) is 12.3. The van der Waals surface area contributed by atoms with Gasteiger partial charge in [-0.1, -0.05) is 18.2 Å². The van der Waals surface area contributed by atoms with Crippen molar-refractivity contribution in [1.29, 1.82) is 0 Å². The van der Waals surface area contributed by atoms with Crippen molar-refractivity contribution in [3.63, 3.8) is 0 Å². The lowest BCUT2D eigenvalue weighted by Gasteiger charge is -2.15. The second kappa shape index (κ2) is 9.82. The number of aromatic nitrogens is 2. The summed E-state index contributed by atoms with van der Waals surface area (Å²) >= 11 is 2.08. The lowest BCUT2D eigenvalue weighted by atomic mass is 9.97. The third-order valence-electron chi connectivity index (χ3n) is 6.01. The summed E-state index contributed by atoms with van der Waals surface area (Å²) < 4.78 is 72.5. The number of nitrogens with zero attached hydrogens (tertiary/aromatic N) is 2. The van der Waals surface area contributed by atoms with Crippen molar-refractivity contribution in [2.24, 2.45) is 0 Å². The zero-order valence-electron chi connectivity index (χ0n) is 19.6. The first kappa shape index (κ1) is 25.8. The van der Waals surface area contributed by atoms with Gasteiger partial charge in [-0.3, -0.25) is 9.20 Å². The molecule has 3 aromatic carbocycles. The Morgan fingerprint density at radius 2 is 1.66 bits per heavy atom. The van der Waals surface area contributed by atoms with E-state index in [-0.39, 0.29) is 11.4 Å². The molecule has 0 aliphatic heterocycles. The molecule has 0 fully saturated rings. The number of hydrogen-bond donors (Lipinski definition) is 1. The van der Waals surface area contributed by atoms with E-state index in [0.29, 0.717) is 28.0 Å². The molecule has 5 aromatic rings. The normalized spacial score (nSPS) is 11.7. The smallest absolute Gasteiger partial charge is 0.322 e. The van der Waals surface area contributed by atoms with Crippen LogP contribution in [0.2, 0.25) is 0 Å². The van der Waals surface area contributed by atoms with Gasteiger partial charge in [0.1, 0.15) is 5.82 Å². The van der Waals surface area contributed by atoms with Crippen molar-refractivity contribution < 1.29 is 26.7 Å². The van der Waals surface area contributed by atoms with Gasteiger partial charge >= 0.3 is 6.18 Å². The molecular weight excluding hydrogens is 616 g/mol. The van der Waals surface area contributed by atoms with Crippen LogP contribution in [0.1, 0.15) is 21.6 Å². The number of fused-ring (bicyclic) bond motifs is 1. The first-order valence-electron chi connectivity index (χ1n) is 11.2. The van der Waals surface area contributed by atoms with E-state index in [1.165, 1.54) is 24.3 Å². The Morgan fingerprint density at radius 1 is 0.947 bits per heavy atom. The third kappa shape index (κ3) is 4.75. The molecule has 1 amide bonds. The maximum Gasteiger partial charge on any atom is 0.417 e. The Hall–Kier alpha value is -3.80. The van der Waals surface area contributed by atoms with E-state index in [2.05, 4.69) is 32.9 Å². The van der Waals surface area contributed by atoms with Crippen molar-refractivity contribution >= 4 is 39.7 Å². The zero-order valence-corrected chi connectivity index (χ0v) is 21.7. The minimum absolute atomic E-state index is 0.0599. The molecule has 2 heterocycles. The number of pyridine rings is 1. The van der Waals surface area contributed by atoms with Crippen LogP contribution in [0.3, 0.4) is 0 Å². The lowest BCUT2D eigenvalue weighted by molar-refractivity contribution is -0.137. The number of rotatable bonds is 4. The average Bonchev–Trinajstić information content (AvgIpc) is 3.22. The van der Waals surface area contributed by atoms with Crippen molar-refractivity contribution in [1.82, 2.24) is 9.38 Å². The highest BCUT2D eigenvalue weighted by atomic mass is 127. The van der Waals surface area contributed by atoms with Crippen molar-refractivity contribution in [2.45, 2.75) is 13.1 Å². The van der Waals surface area contributed by atoms with Crippen LogP contribution < -0.4 is 5.32 Å². The molecule has 5 rings (SSSR count). The minimum Gasteiger partial charge on any atom is -0.322 e. The minimum atomic E-state index is -4.77. The maximum absolute atomic E-state index is 14.6. The quantitative estimate of drug-likeness (QED) is 0.161. The molecule has 0 unspecified atom stereocenters. The Kier molecular flexibility index (Phi) is 6.68. The molecule has 0 spiro atoms. The van der Waals surface area contributed by atoms with Gasteiger partial charge in [0, 0.05) is 21.0 Å². The number of carbonyl (C=O) groups excluding carboxylic acids is 1. The Balaban J connectivity index is 1.65. The molecule has 0 saturated carbocycles. The summed E-state index contributed by atoms with van der Waals surface area (Å²) in [4.78, 5) is 17.5. The van der Waals surface area contributed by atoms with Crippen LogP contribution in [-0.2, 0) is 6.18 Å². The van der Waals surface area contributed by atoms with E-state index in [0.717, 1.165) is 15.7 Å². The predicted octanol–water partition coefficient (Wildman–Crippen LogP) is 8.13. The largest absolute Gasteiger partial charge is 0.417 e. The highest BCUT2D eigenvalue weighted by Crippen LogP contribution is 2.37. The van der Waals surface area contributed by atoms with Crippen LogP contribution in [0.4, 0.5) is 27.6 Å². The number of imidazole rings is 1. The summed E-state index contributed by atoms with van der Waals surface area (Å²) in [5, 5.41) is 2.53. The number of aryl methyl sites for hydroxylation is 1. The van der Waals surface area contributed by atoms with E-state index in [9.17, 15) is 26.7 Å². The van der Waals surface area contributed by atoms with Gasteiger partial charge in [-0.15, -0.1) is 0 Å². The number of amides is 1. The van der Waals surface area contributed by atoms with Crippen LogP contribution in [0.15, 0.2) is 79.0 Å². The summed E-state index contributed by atoms with van der Waals surface area (Å²) in [5.41, 5.74) is 0.384. The van der Waals surface area contributed by atoms with Gasteiger partial charge in [0.15, 0.2) is 11.6 Å². The Bertz CT molecular complexity index is 1690. The number of hydrogen-bond acceptors (Lipinski definition) is 2. The molecule has 4 nitrogen and oxygen atoms in total. The van der Waals surface area contributed by atoms with Gasteiger partial charge in [-0.05, 0) is 89.7 Å². The van der Waals surface area contributed by atoms with E-state index < -0.39 is 34.8 Å². The Morgan fingerprint density at radius 3 is 2.37 bits per heavy atom. The van der Waals surface area contributed by atoms with Gasteiger partial charge in [0.25, 0.3) is 5.91 Å². The van der Waals surface area contributed by atoms with Crippen molar-refractivity contribution in [3.05, 3.63) is 111 Å². The summed E-state index contributed by atoms with van der Waals surface area (Å²) in [5.74, 6) is -2.87. The molecule has 1 N–H and O–H groups in total. The zero-order chi connectivity index (χ0) is 27.2. The topological polar surface area (TPSA) is 46.4 Å². The molecule has 10 heteroatoms. The molecule has 0 aliphatic rings. The van der Waals surface area contributed by atoms with Crippen LogP contribution >= 0.6 is 22.6 Å². The molecule has 0 bridgehead atoms. The Labute approximate surface area is 227 Å². The van der Waals surface area contributed by atoms with Gasteiger partial charge in [0.2, 0.25) is 0 Å². The van der Waals surface area contributed by atoms with Crippen LogP contribution in [-0.4, -0.2) is 15.3 Å². The molecule has 2 aromatic heterocycles. The fourth-order valence-electron chi connectivity index (χ4n) is 4.30. The number of halogens is 6. The van der Waals surface area contributed by atoms with Crippen molar-refractivity contribution in [3.8, 4) is 22.5 Å². The molecule has 0 radical (unpaired) electrons. The molecule has 0 aliphatic carbocycles. The fraction of sp³-hybridized carbons (Fsp3) is 0.0714. The van der Waals surface area contributed by atoms with E-state index in [4.69, 9.17) is 0 Å². The van der Waals surface area contributed by atoms with Gasteiger partial charge in [-0.2, -0.15) is 13.2 Å². The molecular formula is C28H17F5IN3O. The number of nitrogens with one attached hydrogen (secondary N) is 1. The van der Waals surface area contributed by atoms with Crippen LogP contribution in [0.25, 0.3) is 28.0 Å². The van der Waals surface area contributed by atoms with Gasteiger partial charge < -0.3 is 5.32 Å². The fourth-order valence-corrected chi connectivity index (χ4v) is 4.66. The lowest BCUT2D eigenvalue weighted by Crippen LogP contribution is -2.19. The second-order valence-electron chi connectivity index (χ2n) is 8.48. The summed E-state index contributed by atoms with van der Waals surface area (Å²) in [7, 11) is 0. The molecule has 0 saturated heterocycles. The van der Waals surface area contributed by atoms with Gasteiger partial charge in [-0.25, -0.2) is 13.8 Å². The average molecular weight is 633 g/mol. The number of carbonyl (C=O) groups is 1. The SMILES string of the molecule is Cc1nc(-c2cccc(F)c2F)n2cccc(-c3ccc(C(F)(F)F)c(C(=O)Nc4ccc(I)cc4)c3)c12.